The fraction of sp³-hybridized carbons (Fsp3) is 0. The Morgan fingerprint density at radius 1 is 1.33 bits per heavy atom. The lowest BCUT2D eigenvalue weighted by atomic mass is 10.1. The molecule has 60 valence electrons. The third-order valence-electron chi connectivity index (χ3n) is 1.82. The largest absolute Gasteiger partial charge is 0.294 e. The van der Waals surface area contributed by atoms with Crippen molar-refractivity contribution in [1.82, 2.24) is 5.01 Å². The summed E-state index contributed by atoms with van der Waals surface area (Å²) in [5, 5.41) is 1.82. The molecule has 0 unspecified atom stereocenters. The molecule has 0 saturated heterocycles. The average Bonchev–Trinajstić information content (AvgIpc) is 2.17. The molecular formula is C10H10N2. The molecule has 0 saturated carbocycles. The van der Waals surface area contributed by atoms with E-state index in [1.807, 2.05) is 35.5 Å². The van der Waals surface area contributed by atoms with Crippen molar-refractivity contribution in [3.63, 3.8) is 0 Å². The Balaban J connectivity index is 2.39. The summed E-state index contributed by atoms with van der Waals surface area (Å²) in [6.45, 7) is 3.67. The molecule has 0 radical (unpaired) electrons. The van der Waals surface area contributed by atoms with Crippen LogP contribution in [0.15, 0.2) is 43.2 Å². The summed E-state index contributed by atoms with van der Waals surface area (Å²) in [5.41, 5.74) is 5.49. The van der Waals surface area contributed by atoms with Gasteiger partial charge < -0.3 is 0 Å². The number of anilines is 1. The Morgan fingerprint density at radius 3 is 3.00 bits per heavy atom. The number of nitrogens with one attached hydrogen (secondary N) is 1. The SMILES string of the molecule is C=CN1C=Cc2ccccc2N1. The molecule has 0 aliphatic carbocycles. The number of fused-ring (bicyclic) bond motifs is 1. The van der Waals surface area contributed by atoms with Crippen molar-refractivity contribution >= 4 is 11.8 Å². The zero-order valence-electron chi connectivity index (χ0n) is 6.70. The number of para-hydroxylation sites is 1. The molecule has 0 spiro atoms. The average molecular weight is 158 g/mol. The van der Waals surface area contributed by atoms with Crippen LogP contribution in [0.1, 0.15) is 5.56 Å². The summed E-state index contributed by atoms with van der Waals surface area (Å²) in [6, 6.07) is 8.13. The van der Waals surface area contributed by atoms with E-state index in [0.717, 1.165) is 5.69 Å². The molecule has 1 heterocycles. The monoisotopic (exact) mass is 158 g/mol. The molecule has 0 amide bonds. The van der Waals surface area contributed by atoms with Gasteiger partial charge in [0.1, 0.15) is 0 Å². The smallest absolute Gasteiger partial charge is 0.0618 e. The molecule has 1 aromatic rings. The molecule has 0 aromatic heterocycles. The van der Waals surface area contributed by atoms with Gasteiger partial charge >= 0.3 is 0 Å². The number of hydrogen-bond donors (Lipinski definition) is 1. The zero-order chi connectivity index (χ0) is 8.39. The lowest BCUT2D eigenvalue weighted by Crippen LogP contribution is -2.20. The van der Waals surface area contributed by atoms with E-state index in [9.17, 15) is 0 Å². The number of hydrogen-bond acceptors (Lipinski definition) is 2. The molecule has 2 heteroatoms. The van der Waals surface area contributed by atoms with E-state index >= 15 is 0 Å². The minimum Gasteiger partial charge on any atom is -0.294 e. The van der Waals surface area contributed by atoms with Crippen molar-refractivity contribution in [2.24, 2.45) is 0 Å². The van der Waals surface area contributed by atoms with Gasteiger partial charge in [0.25, 0.3) is 0 Å². The number of benzene rings is 1. The third kappa shape index (κ3) is 1.07. The Labute approximate surface area is 71.8 Å². The quantitative estimate of drug-likeness (QED) is 0.675. The molecule has 1 aliphatic rings. The molecule has 0 bridgehead atoms. The van der Waals surface area contributed by atoms with Crippen LogP contribution in [0, 0.1) is 0 Å². The van der Waals surface area contributed by atoms with Gasteiger partial charge in [-0.05, 0) is 12.1 Å². The first-order valence-corrected chi connectivity index (χ1v) is 3.85. The van der Waals surface area contributed by atoms with Crippen molar-refractivity contribution in [3.8, 4) is 0 Å². The van der Waals surface area contributed by atoms with Gasteiger partial charge in [0.05, 0.1) is 5.69 Å². The van der Waals surface area contributed by atoms with Gasteiger partial charge in [-0.1, -0.05) is 24.8 Å². The topological polar surface area (TPSA) is 15.3 Å². The highest BCUT2D eigenvalue weighted by atomic mass is 15.5. The maximum Gasteiger partial charge on any atom is 0.0618 e. The third-order valence-corrected chi connectivity index (χ3v) is 1.82. The van der Waals surface area contributed by atoms with E-state index < -0.39 is 0 Å². The Morgan fingerprint density at radius 2 is 2.17 bits per heavy atom. The van der Waals surface area contributed by atoms with Crippen molar-refractivity contribution in [1.29, 1.82) is 0 Å². The van der Waals surface area contributed by atoms with Gasteiger partial charge in [-0.15, -0.1) is 0 Å². The van der Waals surface area contributed by atoms with Crippen LogP contribution in [0.5, 0.6) is 0 Å². The van der Waals surface area contributed by atoms with Gasteiger partial charge in [-0.25, -0.2) is 0 Å². The van der Waals surface area contributed by atoms with E-state index in [1.165, 1.54) is 5.56 Å². The van der Waals surface area contributed by atoms with Gasteiger partial charge in [0.15, 0.2) is 0 Å². The van der Waals surface area contributed by atoms with Gasteiger partial charge in [0, 0.05) is 18.0 Å². The fourth-order valence-electron chi connectivity index (χ4n) is 1.19. The minimum atomic E-state index is 1.11. The summed E-state index contributed by atoms with van der Waals surface area (Å²) >= 11 is 0. The fourth-order valence-corrected chi connectivity index (χ4v) is 1.19. The summed E-state index contributed by atoms with van der Waals surface area (Å²) in [4.78, 5) is 0. The summed E-state index contributed by atoms with van der Waals surface area (Å²) in [7, 11) is 0. The van der Waals surface area contributed by atoms with Crippen LogP contribution in [-0.4, -0.2) is 5.01 Å². The molecule has 2 nitrogen and oxygen atoms in total. The first-order valence-electron chi connectivity index (χ1n) is 3.85. The molecular weight excluding hydrogens is 148 g/mol. The standard InChI is InChI=1S/C10H10N2/c1-2-12-8-7-9-5-3-4-6-10(9)11-12/h2-8,11H,1H2. The van der Waals surface area contributed by atoms with E-state index in [-0.39, 0.29) is 0 Å². The maximum atomic E-state index is 3.67. The molecule has 1 aromatic carbocycles. The van der Waals surface area contributed by atoms with Crippen LogP contribution in [-0.2, 0) is 0 Å². The minimum absolute atomic E-state index is 1.11. The highest BCUT2D eigenvalue weighted by Gasteiger charge is 2.04. The van der Waals surface area contributed by atoms with Gasteiger partial charge in [0.2, 0.25) is 0 Å². The first kappa shape index (κ1) is 6.98. The molecule has 1 aliphatic heterocycles. The van der Waals surface area contributed by atoms with E-state index in [2.05, 4.69) is 18.1 Å². The van der Waals surface area contributed by atoms with E-state index in [1.54, 1.807) is 6.20 Å². The van der Waals surface area contributed by atoms with Crippen LogP contribution >= 0.6 is 0 Å². The van der Waals surface area contributed by atoms with Gasteiger partial charge in [-0.3, -0.25) is 10.4 Å². The van der Waals surface area contributed by atoms with Crippen molar-refractivity contribution in [3.05, 3.63) is 48.8 Å². The lowest BCUT2D eigenvalue weighted by Gasteiger charge is -2.23. The van der Waals surface area contributed by atoms with Gasteiger partial charge in [-0.2, -0.15) is 0 Å². The number of rotatable bonds is 1. The highest BCUT2D eigenvalue weighted by Crippen LogP contribution is 2.21. The van der Waals surface area contributed by atoms with Crippen molar-refractivity contribution < 1.29 is 0 Å². The van der Waals surface area contributed by atoms with Crippen molar-refractivity contribution in [2.45, 2.75) is 0 Å². The summed E-state index contributed by atoms with van der Waals surface area (Å²) in [5.74, 6) is 0. The second-order valence-corrected chi connectivity index (χ2v) is 2.60. The second-order valence-electron chi connectivity index (χ2n) is 2.60. The van der Waals surface area contributed by atoms with Crippen LogP contribution in [0.25, 0.3) is 6.08 Å². The molecule has 0 atom stereocenters. The molecule has 1 N–H and O–H groups in total. The van der Waals surface area contributed by atoms with Crippen LogP contribution in [0.2, 0.25) is 0 Å². The zero-order valence-corrected chi connectivity index (χ0v) is 6.70. The van der Waals surface area contributed by atoms with Crippen LogP contribution < -0.4 is 5.43 Å². The summed E-state index contributed by atoms with van der Waals surface area (Å²) < 4.78 is 0. The highest BCUT2D eigenvalue weighted by molar-refractivity contribution is 5.68. The van der Waals surface area contributed by atoms with E-state index in [0.29, 0.717) is 0 Å². The maximum absolute atomic E-state index is 3.67. The second kappa shape index (κ2) is 2.74. The number of hydrazine groups is 1. The Kier molecular flexibility index (Phi) is 1.59. The normalized spacial score (nSPS) is 13.5. The number of nitrogens with zero attached hydrogens (tertiary/aromatic N) is 1. The molecule has 0 fully saturated rings. The summed E-state index contributed by atoms with van der Waals surface area (Å²) in [6.07, 6.45) is 5.72. The van der Waals surface area contributed by atoms with Crippen LogP contribution in [0.4, 0.5) is 5.69 Å². The molecule has 12 heavy (non-hydrogen) atoms. The Bertz CT molecular complexity index is 328. The van der Waals surface area contributed by atoms with Crippen molar-refractivity contribution in [2.75, 3.05) is 5.43 Å². The van der Waals surface area contributed by atoms with Crippen LogP contribution in [0.3, 0.4) is 0 Å². The predicted octanol–water partition coefficient (Wildman–Crippen LogP) is 2.44. The lowest BCUT2D eigenvalue weighted by molar-refractivity contribution is 0.612. The van der Waals surface area contributed by atoms with E-state index in [4.69, 9.17) is 0 Å². The molecule has 2 rings (SSSR count). The first-order chi connectivity index (χ1) is 5.90. The predicted molar refractivity (Wildman–Crippen MR) is 51.1 cm³/mol. The Hall–Kier alpha value is -1.70.